The number of carbonyl (C=O) groups excluding carboxylic acids is 1. The Labute approximate surface area is 176 Å². The van der Waals surface area contributed by atoms with Crippen molar-refractivity contribution >= 4 is 28.9 Å². The van der Waals surface area contributed by atoms with Gasteiger partial charge in [0.2, 0.25) is 5.91 Å². The van der Waals surface area contributed by atoms with Crippen molar-refractivity contribution in [1.82, 2.24) is 20.5 Å². The molecule has 1 aliphatic rings. The highest BCUT2D eigenvalue weighted by atomic mass is 32.1. The van der Waals surface area contributed by atoms with Gasteiger partial charge in [-0.05, 0) is 26.0 Å². The van der Waals surface area contributed by atoms with Gasteiger partial charge in [0, 0.05) is 56.8 Å². The molecule has 0 radical (unpaired) electrons. The molecule has 2 heterocycles. The first-order valence-corrected chi connectivity index (χ1v) is 10.8. The average Bonchev–Trinajstić information content (AvgIpc) is 3.08. The second-order valence-electron chi connectivity index (χ2n) is 7.05. The van der Waals surface area contributed by atoms with E-state index in [9.17, 15) is 4.79 Å². The fraction of sp³-hybridized carbons (Fsp3) is 0.476. The number of nitrogens with zero attached hydrogens (tertiary/aromatic N) is 4. The number of aliphatic imine (C=N–C) groups is 1. The van der Waals surface area contributed by atoms with Gasteiger partial charge >= 0.3 is 0 Å². The first kappa shape index (κ1) is 21.1. The number of benzene rings is 1. The molecule has 0 spiro atoms. The molecule has 7 nitrogen and oxygen atoms in total. The van der Waals surface area contributed by atoms with Crippen molar-refractivity contribution in [2.45, 2.75) is 26.8 Å². The molecule has 29 heavy (non-hydrogen) atoms. The Morgan fingerprint density at radius 3 is 2.48 bits per heavy atom. The van der Waals surface area contributed by atoms with Crippen LogP contribution in [0, 0.1) is 13.8 Å². The molecule has 1 fully saturated rings. The van der Waals surface area contributed by atoms with Crippen molar-refractivity contribution in [3.8, 4) is 0 Å². The van der Waals surface area contributed by atoms with Crippen molar-refractivity contribution in [3.63, 3.8) is 0 Å². The zero-order valence-corrected chi connectivity index (χ0v) is 18.3. The number of thiazole rings is 1. The van der Waals surface area contributed by atoms with Crippen LogP contribution in [-0.2, 0) is 11.3 Å². The number of carbonyl (C=O) groups is 1. The molecule has 0 saturated carbocycles. The van der Waals surface area contributed by atoms with Crippen molar-refractivity contribution in [3.05, 3.63) is 45.9 Å². The third-order valence-corrected chi connectivity index (χ3v) is 6.10. The van der Waals surface area contributed by atoms with Crippen LogP contribution in [0.4, 0.5) is 5.69 Å². The normalized spacial score (nSPS) is 14.8. The number of aromatic nitrogens is 1. The van der Waals surface area contributed by atoms with E-state index in [1.54, 1.807) is 18.4 Å². The summed E-state index contributed by atoms with van der Waals surface area (Å²) in [5.41, 5.74) is 2.28. The fourth-order valence-corrected chi connectivity index (χ4v) is 4.30. The zero-order valence-electron chi connectivity index (χ0n) is 17.4. The smallest absolute Gasteiger partial charge is 0.224 e. The fourth-order valence-electron chi connectivity index (χ4n) is 3.42. The molecule has 1 aliphatic heterocycles. The summed E-state index contributed by atoms with van der Waals surface area (Å²) in [7, 11) is 1.74. The van der Waals surface area contributed by atoms with Crippen LogP contribution >= 0.6 is 11.3 Å². The Hall–Kier alpha value is -2.61. The summed E-state index contributed by atoms with van der Waals surface area (Å²) < 4.78 is 0. The zero-order chi connectivity index (χ0) is 20.6. The van der Waals surface area contributed by atoms with E-state index in [4.69, 9.17) is 0 Å². The van der Waals surface area contributed by atoms with Gasteiger partial charge in [0.1, 0.15) is 0 Å². The third kappa shape index (κ3) is 5.93. The molecule has 2 aromatic rings. The Morgan fingerprint density at radius 2 is 1.86 bits per heavy atom. The number of guanidine groups is 1. The topological polar surface area (TPSA) is 72.9 Å². The van der Waals surface area contributed by atoms with Gasteiger partial charge in [-0.3, -0.25) is 9.79 Å². The van der Waals surface area contributed by atoms with Crippen LogP contribution in [0.5, 0.6) is 0 Å². The molecule has 0 aliphatic carbocycles. The first-order chi connectivity index (χ1) is 14.1. The van der Waals surface area contributed by atoms with Crippen LogP contribution in [0.25, 0.3) is 0 Å². The molecule has 156 valence electrons. The van der Waals surface area contributed by atoms with Crippen molar-refractivity contribution < 1.29 is 4.79 Å². The van der Waals surface area contributed by atoms with Crippen molar-refractivity contribution in [2.75, 3.05) is 44.7 Å². The lowest BCUT2D eigenvalue weighted by Crippen LogP contribution is -2.49. The lowest BCUT2D eigenvalue weighted by Gasteiger charge is -2.36. The van der Waals surface area contributed by atoms with Gasteiger partial charge in [-0.25, -0.2) is 4.98 Å². The maximum atomic E-state index is 12.5. The van der Waals surface area contributed by atoms with Gasteiger partial charge in [0.25, 0.3) is 0 Å². The maximum absolute atomic E-state index is 12.5. The molecular weight excluding hydrogens is 384 g/mol. The van der Waals surface area contributed by atoms with E-state index in [2.05, 4.69) is 49.8 Å². The highest BCUT2D eigenvalue weighted by Crippen LogP contribution is 2.17. The molecule has 1 aromatic heterocycles. The third-order valence-electron chi connectivity index (χ3n) is 5.02. The summed E-state index contributed by atoms with van der Waals surface area (Å²) >= 11 is 1.69. The lowest BCUT2D eigenvalue weighted by atomic mass is 10.2. The van der Waals surface area contributed by atoms with Crippen LogP contribution in [0.1, 0.15) is 22.0 Å². The molecule has 1 saturated heterocycles. The molecule has 3 rings (SSSR count). The van der Waals surface area contributed by atoms with Gasteiger partial charge in [0.15, 0.2) is 5.96 Å². The van der Waals surface area contributed by atoms with Gasteiger partial charge in [0.05, 0.1) is 17.2 Å². The minimum atomic E-state index is 0.189. The molecule has 0 atom stereocenters. The first-order valence-electron chi connectivity index (χ1n) is 10.0. The molecule has 1 amide bonds. The van der Waals surface area contributed by atoms with Crippen LogP contribution in [0.2, 0.25) is 0 Å². The summed E-state index contributed by atoms with van der Waals surface area (Å²) in [4.78, 5) is 26.7. The van der Waals surface area contributed by atoms with E-state index in [-0.39, 0.29) is 5.91 Å². The number of amides is 1. The predicted octanol–water partition coefficient (Wildman–Crippen LogP) is 2.16. The summed E-state index contributed by atoms with van der Waals surface area (Å²) in [5.74, 6) is 0.895. The standard InChI is InChI=1S/C21H30N6OS/c1-16-19(29-17(2)25-16)15-24-21(22-3)23-10-9-20(28)27-13-11-26(12-14-27)18-7-5-4-6-8-18/h4-8H,9-15H2,1-3H3,(H2,22,23,24). The van der Waals surface area contributed by atoms with Crippen LogP contribution in [0.3, 0.4) is 0 Å². The van der Waals surface area contributed by atoms with E-state index >= 15 is 0 Å². The largest absolute Gasteiger partial charge is 0.368 e. The Bertz CT molecular complexity index is 827. The summed E-state index contributed by atoms with van der Waals surface area (Å²) in [6.45, 7) is 8.58. The SMILES string of the molecule is CN=C(NCCC(=O)N1CCN(c2ccccc2)CC1)NCc1sc(C)nc1C. The summed E-state index contributed by atoms with van der Waals surface area (Å²) in [6.07, 6.45) is 0.463. The number of rotatable bonds is 6. The summed E-state index contributed by atoms with van der Waals surface area (Å²) in [5, 5.41) is 7.60. The number of hydrogen-bond acceptors (Lipinski definition) is 5. The number of hydrogen-bond donors (Lipinski definition) is 2. The van der Waals surface area contributed by atoms with Gasteiger partial charge in [-0.15, -0.1) is 11.3 Å². The van der Waals surface area contributed by atoms with E-state index < -0.39 is 0 Å². The number of anilines is 1. The minimum Gasteiger partial charge on any atom is -0.368 e. The van der Waals surface area contributed by atoms with Gasteiger partial charge in [-0.2, -0.15) is 0 Å². The monoisotopic (exact) mass is 414 g/mol. The van der Waals surface area contributed by atoms with Gasteiger partial charge < -0.3 is 20.4 Å². The molecule has 0 bridgehead atoms. The van der Waals surface area contributed by atoms with E-state index in [0.29, 0.717) is 25.5 Å². The van der Waals surface area contributed by atoms with E-state index in [0.717, 1.165) is 36.9 Å². The average molecular weight is 415 g/mol. The molecule has 2 N–H and O–H groups in total. The minimum absolute atomic E-state index is 0.189. The Balaban J connectivity index is 1.37. The number of para-hydroxylation sites is 1. The van der Waals surface area contributed by atoms with Crippen molar-refractivity contribution in [1.29, 1.82) is 0 Å². The predicted molar refractivity (Wildman–Crippen MR) is 120 cm³/mol. The quantitative estimate of drug-likeness (QED) is 0.560. The molecule has 0 unspecified atom stereocenters. The second-order valence-corrected chi connectivity index (χ2v) is 8.34. The number of nitrogens with one attached hydrogen (secondary N) is 2. The lowest BCUT2D eigenvalue weighted by molar-refractivity contribution is -0.131. The van der Waals surface area contributed by atoms with Crippen LogP contribution in [-0.4, -0.2) is 61.5 Å². The molecule has 1 aromatic carbocycles. The van der Waals surface area contributed by atoms with Crippen molar-refractivity contribution in [2.24, 2.45) is 4.99 Å². The maximum Gasteiger partial charge on any atom is 0.224 e. The highest BCUT2D eigenvalue weighted by molar-refractivity contribution is 7.11. The summed E-state index contributed by atoms with van der Waals surface area (Å²) in [6, 6.07) is 10.4. The van der Waals surface area contributed by atoms with Crippen LogP contribution < -0.4 is 15.5 Å². The Morgan fingerprint density at radius 1 is 1.14 bits per heavy atom. The van der Waals surface area contributed by atoms with E-state index in [1.165, 1.54) is 10.6 Å². The van der Waals surface area contributed by atoms with Crippen LogP contribution in [0.15, 0.2) is 35.3 Å². The van der Waals surface area contributed by atoms with E-state index in [1.807, 2.05) is 24.8 Å². The number of piperazine rings is 1. The molecular formula is C21H30N6OS. The highest BCUT2D eigenvalue weighted by Gasteiger charge is 2.20. The second kappa shape index (κ2) is 10.2. The molecule has 8 heteroatoms. The van der Waals surface area contributed by atoms with Gasteiger partial charge in [-0.1, -0.05) is 18.2 Å². The number of aryl methyl sites for hydroxylation is 2. The Kier molecular flexibility index (Phi) is 7.46.